The summed E-state index contributed by atoms with van der Waals surface area (Å²) < 4.78 is 87.3. The van der Waals surface area contributed by atoms with Gasteiger partial charge in [-0.25, -0.2) is 0 Å². The Morgan fingerprint density at radius 1 is 0.596 bits per heavy atom. The van der Waals surface area contributed by atoms with Gasteiger partial charge in [-0.3, -0.25) is 38.8 Å². The van der Waals surface area contributed by atoms with E-state index in [1.807, 2.05) is 0 Å². The lowest BCUT2D eigenvalue weighted by Gasteiger charge is -2.48. The first-order valence-electron chi connectivity index (χ1n) is 34.5. The number of hydrogen-bond donors (Lipinski definition) is 21. The number of nitrogens with one attached hydrogen (secondary N) is 7. The van der Waals surface area contributed by atoms with E-state index in [1.165, 1.54) is 54.6 Å². The molecular formula is C68H85F3N12O26. The van der Waals surface area contributed by atoms with Crippen LogP contribution in [0, 0.1) is 0 Å². The lowest BCUT2D eigenvalue weighted by Crippen LogP contribution is -2.70. The highest BCUT2D eigenvalue weighted by Crippen LogP contribution is 2.39. The fourth-order valence-electron chi connectivity index (χ4n) is 13.5. The first kappa shape index (κ1) is 80.9. The molecule has 0 saturated carbocycles. The van der Waals surface area contributed by atoms with Crippen molar-refractivity contribution in [1.82, 2.24) is 42.1 Å². The number of nitrogens with two attached hydrogens (primary N) is 2. The monoisotopic (exact) mass is 1540 g/mol. The number of fused-ring (bicyclic) bond motifs is 1. The van der Waals surface area contributed by atoms with Gasteiger partial charge in [0.2, 0.25) is 41.7 Å². The lowest BCUT2D eigenvalue weighted by atomic mass is 9.92. The maximum atomic E-state index is 15.2. The highest BCUT2D eigenvalue weighted by atomic mass is 19.4. The predicted molar refractivity (Wildman–Crippen MR) is 362 cm³/mol. The Labute approximate surface area is 617 Å². The summed E-state index contributed by atoms with van der Waals surface area (Å²) in [6.45, 7) is -3.55. The standard InChI is InChI=1S/C68H85F3N12O26/c1-27(29-7-3-2-4-8-29)43-59(99)77-35(58(98)81-44(46(88)36-20-75-66(72)79-36)61(101)82-45(60(100)78-37(23-84)57(97)74-22-42(87)80-43)47(89)38-21-76-67(73)83(38)62-52(94)49(91)48(90)39(24-85)105-62)17-28-13-15-32(16-14-28)104-64-53(95)50(92)55(40(25-86)106-64)109-65-54(96)51(93)56-41(107-65)26-102-63(108-56)30-9-5-11-33(18-30)103-34-12-6-10-31(19-34)68(69,70)71/h2-16,18-19,27,35-41,43-56,62-65,84-86,88-96H,17,20-26H2,1H3,(H2,73,76)(H,74,97)(H,77,99)(H,78,100)(H,80,87)(H,81,98)(H,82,101)(H3,72,75,79). The van der Waals surface area contributed by atoms with E-state index in [4.69, 9.17) is 49.4 Å². The van der Waals surface area contributed by atoms with Gasteiger partial charge in [0.1, 0.15) is 133 Å². The van der Waals surface area contributed by atoms with Gasteiger partial charge >= 0.3 is 6.18 Å². The molecule has 23 N–H and O–H groups in total. The number of carbonyl (C=O) groups is 6. The van der Waals surface area contributed by atoms with Crippen LogP contribution in [0.1, 0.15) is 41.4 Å². The summed E-state index contributed by atoms with van der Waals surface area (Å²) in [4.78, 5) is 96.7. The van der Waals surface area contributed by atoms with Crippen molar-refractivity contribution >= 4 is 47.4 Å². The first-order valence-corrected chi connectivity index (χ1v) is 34.5. The molecule has 6 amide bonds. The van der Waals surface area contributed by atoms with Gasteiger partial charge in [-0.2, -0.15) is 13.2 Å². The molecule has 5 fully saturated rings. The number of aliphatic hydroxyl groups is 12. The van der Waals surface area contributed by atoms with Crippen LogP contribution in [0.25, 0.3) is 0 Å². The smallest absolute Gasteiger partial charge is 0.416 e. The van der Waals surface area contributed by atoms with Crippen LogP contribution >= 0.6 is 0 Å². The number of hydrogen-bond acceptors (Lipinski definition) is 32. The van der Waals surface area contributed by atoms with Crippen molar-refractivity contribution < 1.29 is 141 Å². The van der Waals surface area contributed by atoms with E-state index >= 15 is 9.59 Å². The average molecular weight is 1540 g/mol. The molecular weight excluding hydrogens is 1460 g/mol. The highest BCUT2D eigenvalue weighted by molar-refractivity contribution is 5.98. The number of aliphatic imine (C=N–C) groups is 2. The Morgan fingerprint density at radius 3 is 1.93 bits per heavy atom. The number of amides is 6. The van der Waals surface area contributed by atoms with Gasteiger partial charge in [-0.05, 0) is 53.6 Å². The van der Waals surface area contributed by atoms with Gasteiger partial charge < -0.3 is 153 Å². The molecule has 109 heavy (non-hydrogen) atoms. The molecule has 4 aromatic rings. The summed E-state index contributed by atoms with van der Waals surface area (Å²) >= 11 is 0. The van der Waals surface area contributed by atoms with Crippen LogP contribution < -0.4 is 58.2 Å². The maximum Gasteiger partial charge on any atom is 0.416 e. The predicted octanol–water partition coefficient (Wildman–Crippen LogP) is -8.04. The number of benzene rings is 4. The second-order valence-corrected chi connectivity index (χ2v) is 26.9. The molecule has 7 aliphatic heterocycles. The Kier molecular flexibility index (Phi) is 25.9. The summed E-state index contributed by atoms with van der Waals surface area (Å²) in [5.74, 6) is -9.14. The van der Waals surface area contributed by atoms with Crippen molar-refractivity contribution in [2.75, 3.05) is 46.1 Å². The summed E-state index contributed by atoms with van der Waals surface area (Å²) in [5.41, 5.74) is 12.2. The average Bonchev–Trinajstić information content (AvgIpc) is 1.76. The Bertz CT molecular complexity index is 3920. The summed E-state index contributed by atoms with van der Waals surface area (Å²) in [6, 6.07) is 10.8. The zero-order valence-electron chi connectivity index (χ0n) is 57.7. The number of alkyl halides is 3. The maximum absolute atomic E-state index is 15.2. The van der Waals surface area contributed by atoms with Gasteiger partial charge in [-0.15, -0.1) is 0 Å². The largest absolute Gasteiger partial charge is 0.462 e. The summed E-state index contributed by atoms with van der Waals surface area (Å²) in [7, 11) is 0. The van der Waals surface area contributed by atoms with Crippen LogP contribution in [0.4, 0.5) is 13.2 Å². The van der Waals surface area contributed by atoms with Crippen molar-refractivity contribution in [1.29, 1.82) is 0 Å². The number of carbonyl (C=O) groups excluding carboxylic acids is 6. The quantitative estimate of drug-likeness (QED) is 0.0415. The summed E-state index contributed by atoms with van der Waals surface area (Å²) in [6.07, 6.45) is -37.0. The molecule has 38 nitrogen and oxygen atoms in total. The van der Waals surface area contributed by atoms with E-state index in [2.05, 4.69) is 47.2 Å². The molecule has 0 radical (unpaired) electrons. The van der Waals surface area contributed by atoms with Crippen molar-refractivity contribution in [3.8, 4) is 17.2 Å². The van der Waals surface area contributed by atoms with Crippen molar-refractivity contribution in [3.63, 3.8) is 0 Å². The van der Waals surface area contributed by atoms with E-state index in [9.17, 15) is 93.6 Å². The number of halogens is 3. The van der Waals surface area contributed by atoms with Gasteiger partial charge in [0.25, 0.3) is 0 Å². The van der Waals surface area contributed by atoms with Crippen LogP contribution in [-0.4, -0.2) is 306 Å². The number of nitrogens with zero attached hydrogens (tertiary/aromatic N) is 3. The molecule has 594 valence electrons. The molecule has 0 spiro atoms. The number of rotatable bonds is 19. The van der Waals surface area contributed by atoms with Crippen LogP contribution in [-0.2, 0) is 69.8 Å². The second kappa shape index (κ2) is 34.9. The molecule has 7 aliphatic rings. The Balaban J connectivity index is 0.812. The normalized spacial score (nSPS) is 34.7. The minimum absolute atomic E-state index is 0.0914. The van der Waals surface area contributed by atoms with Crippen molar-refractivity contribution in [2.24, 2.45) is 21.5 Å². The van der Waals surface area contributed by atoms with Crippen LogP contribution in [0.5, 0.6) is 17.2 Å². The van der Waals surface area contributed by atoms with Crippen molar-refractivity contribution in [2.45, 2.75) is 178 Å². The van der Waals surface area contributed by atoms with Gasteiger partial charge in [0, 0.05) is 17.9 Å². The van der Waals surface area contributed by atoms with Crippen LogP contribution in [0.15, 0.2) is 113 Å². The Morgan fingerprint density at radius 2 is 1.25 bits per heavy atom. The molecule has 5 saturated heterocycles. The molecule has 11 rings (SSSR count). The van der Waals surface area contributed by atoms with Gasteiger partial charge in [0.05, 0.1) is 63.7 Å². The van der Waals surface area contributed by atoms with E-state index in [-0.39, 0.29) is 41.9 Å². The summed E-state index contributed by atoms with van der Waals surface area (Å²) in [5, 5.41) is 151. The highest BCUT2D eigenvalue weighted by Gasteiger charge is 2.56. The first-order chi connectivity index (χ1) is 51.9. The number of aliphatic hydroxyl groups excluding tert-OH is 12. The number of ether oxygens (including phenoxy) is 8. The zero-order valence-corrected chi connectivity index (χ0v) is 57.7. The van der Waals surface area contributed by atoms with E-state index in [0.717, 1.165) is 17.0 Å². The van der Waals surface area contributed by atoms with E-state index < -0.39 is 251 Å². The second-order valence-electron chi connectivity index (χ2n) is 26.9. The number of guanidine groups is 2. The van der Waals surface area contributed by atoms with E-state index in [0.29, 0.717) is 11.1 Å². The fourth-order valence-corrected chi connectivity index (χ4v) is 13.5. The molecule has 4 aromatic carbocycles. The molecule has 26 atom stereocenters. The minimum Gasteiger partial charge on any atom is -0.462 e. The topological polar surface area (TPSA) is 583 Å². The zero-order chi connectivity index (χ0) is 78.4. The van der Waals surface area contributed by atoms with E-state index in [1.54, 1.807) is 43.3 Å². The third-order valence-corrected chi connectivity index (χ3v) is 19.5. The van der Waals surface area contributed by atoms with Crippen molar-refractivity contribution in [3.05, 3.63) is 125 Å². The van der Waals surface area contributed by atoms with Crippen LogP contribution in [0.2, 0.25) is 0 Å². The Hall–Kier alpha value is -9.09. The van der Waals surface area contributed by atoms with Gasteiger partial charge in [0.15, 0.2) is 30.7 Å². The van der Waals surface area contributed by atoms with Gasteiger partial charge in [-0.1, -0.05) is 67.6 Å². The molecule has 0 aromatic heterocycles. The molecule has 0 aliphatic carbocycles. The third-order valence-electron chi connectivity index (χ3n) is 19.5. The minimum atomic E-state index is -4.63. The SMILES string of the molecule is CC(c1ccccc1)C1NC(=O)CNC(=O)C(CO)NC(=O)C(C(O)C2CN=C(N)N2C2OC(CO)C(O)C(O)C2O)NC(=O)C(C(O)C2CN=C(N)N2)NC(=O)C(Cc2ccc(OC3OC(CO)C(OC4OC5COC(c6cccc(Oc7cccc(C(F)(F)F)c7)c6)OC5C(O)C4O)C(O)C3O)cc2)NC1=O. The fraction of sp³-hybridized carbons (Fsp3) is 0.529. The molecule has 26 unspecified atom stereocenters. The van der Waals surface area contributed by atoms with Crippen LogP contribution in [0.3, 0.4) is 0 Å². The lowest BCUT2D eigenvalue weighted by molar-refractivity contribution is -0.383. The third kappa shape index (κ3) is 18.4. The molecule has 7 heterocycles. The molecule has 0 bridgehead atoms. The molecule has 41 heteroatoms.